The minimum absolute atomic E-state index is 0.189. The molecule has 5 nitrogen and oxygen atoms in total. The lowest BCUT2D eigenvalue weighted by Gasteiger charge is -2.23. The smallest absolute Gasteiger partial charge is 0.333 e. The number of fused-ring (bicyclic) bond motifs is 1. The molecule has 0 saturated carbocycles. The van der Waals surface area contributed by atoms with Crippen molar-refractivity contribution in [2.45, 2.75) is 43.5 Å². The van der Waals surface area contributed by atoms with Gasteiger partial charge < -0.3 is 19.3 Å². The number of ether oxygens (including phenoxy) is 3. The molecule has 0 unspecified atom stereocenters. The highest BCUT2D eigenvalue weighted by Crippen LogP contribution is 2.43. The predicted molar refractivity (Wildman–Crippen MR) is 47.8 cm³/mol. The molecule has 1 spiro atoms. The van der Waals surface area contributed by atoms with Crippen molar-refractivity contribution in [3.05, 3.63) is 12.2 Å². The minimum Gasteiger partial charge on any atom is -0.426 e. The summed E-state index contributed by atoms with van der Waals surface area (Å²) in [5.74, 6) is -1.40. The Labute approximate surface area is 86.6 Å². The molecule has 0 aromatic carbocycles. The third-order valence-electron chi connectivity index (χ3n) is 3.14. The summed E-state index contributed by atoms with van der Waals surface area (Å²) in [6.45, 7) is 1.80. The van der Waals surface area contributed by atoms with Gasteiger partial charge in [0, 0.05) is 12.5 Å². The highest BCUT2D eigenvalue weighted by Gasteiger charge is 2.57. The lowest BCUT2D eigenvalue weighted by atomic mass is 10.1. The zero-order valence-corrected chi connectivity index (χ0v) is 8.25. The van der Waals surface area contributed by atoms with Gasteiger partial charge in [-0.1, -0.05) is 0 Å². The van der Waals surface area contributed by atoms with Crippen LogP contribution in [-0.4, -0.2) is 41.3 Å². The summed E-state index contributed by atoms with van der Waals surface area (Å²) in [6.07, 6.45) is 1.94. The molecular formula is C10H12O5. The van der Waals surface area contributed by atoms with Gasteiger partial charge in [-0.25, -0.2) is 4.79 Å². The summed E-state index contributed by atoms with van der Waals surface area (Å²) in [4.78, 5) is 11.0. The summed E-state index contributed by atoms with van der Waals surface area (Å²) in [7, 11) is 0. The van der Waals surface area contributed by atoms with E-state index in [1.165, 1.54) is 6.08 Å². The number of carbonyl (C=O) groups is 1. The summed E-state index contributed by atoms with van der Waals surface area (Å²) < 4.78 is 16.2. The second-order valence-corrected chi connectivity index (χ2v) is 4.22. The van der Waals surface area contributed by atoms with Crippen LogP contribution in [0.15, 0.2) is 12.2 Å². The Morgan fingerprint density at radius 1 is 1.60 bits per heavy atom. The molecule has 2 fully saturated rings. The van der Waals surface area contributed by atoms with E-state index in [2.05, 4.69) is 0 Å². The maximum atomic E-state index is 11.0. The van der Waals surface area contributed by atoms with E-state index in [4.69, 9.17) is 14.2 Å². The van der Waals surface area contributed by atoms with Crippen LogP contribution in [0.3, 0.4) is 0 Å². The van der Waals surface area contributed by atoms with Crippen molar-refractivity contribution in [3.63, 3.8) is 0 Å². The van der Waals surface area contributed by atoms with Crippen molar-refractivity contribution >= 4 is 5.97 Å². The van der Waals surface area contributed by atoms with Crippen LogP contribution in [-0.2, 0) is 19.0 Å². The number of esters is 1. The maximum Gasteiger partial charge on any atom is 0.333 e. The second kappa shape index (κ2) is 2.81. The van der Waals surface area contributed by atoms with E-state index in [1.54, 1.807) is 13.0 Å². The van der Waals surface area contributed by atoms with Gasteiger partial charge in [0.05, 0.1) is 12.2 Å². The van der Waals surface area contributed by atoms with Crippen molar-refractivity contribution < 1.29 is 24.1 Å². The molecule has 82 valence electrons. The van der Waals surface area contributed by atoms with Crippen LogP contribution in [0.4, 0.5) is 0 Å². The monoisotopic (exact) mass is 212 g/mol. The largest absolute Gasteiger partial charge is 0.426 e. The molecule has 5 heteroatoms. The summed E-state index contributed by atoms with van der Waals surface area (Å²) in [6, 6.07) is 0. The van der Waals surface area contributed by atoms with E-state index in [-0.39, 0.29) is 12.2 Å². The van der Waals surface area contributed by atoms with Crippen LogP contribution in [0.1, 0.15) is 13.3 Å². The first-order valence-corrected chi connectivity index (χ1v) is 5.03. The van der Waals surface area contributed by atoms with Gasteiger partial charge >= 0.3 is 5.97 Å². The first kappa shape index (κ1) is 9.33. The molecule has 15 heavy (non-hydrogen) atoms. The van der Waals surface area contributed by atoms with E-state index in [0.29, 0.717) is 6.42 Å². The Bertz CT molecular complexity index is 339. The standard InChI is InChI=1S/C10H12O5/c1-5-8(12)9-6(13-5)4-10(15-9)3-2-7(11)14-10/h2-3,5-6,8-9,12H,4H2,1H3/t5-,6+,8+,9-,10+/m1/s1. The molecule has 0 radical (unpaired) electrons. The Balaban J connectivity index is 1.81. The number of hydrogen-bond acceptors (Lipinski definition) is 5. The molecule has 3 aliphatic rings. The molecule has 0 aromatic heterocycles. The number of aliphatic hydroxyl groups is 1. The van der Waals surface area contributed by atoms with Gasteiger partial charge in [0.2, 0.25) is 5.79 Å². The van der Waals surface area contributed by atoms with Crippen LogP contribution in [0.2, 0.25) is 0 Å². The Hall–Kier alpha value is -0.910. The Morgan fingerprint density at radius 3 is 3.00 bits per heavy atom. The fraction of sp³-hybridized carbons (Fsp3) is 0.700. The molecule has 2 saturated heterocycles. The molecule has 3 aliphatic heterocycles. The van der Waals surface area contributed by atoms with Crippen LogP contribution in [0.5, 0.6) is 0 Å². The third-order valence-corrected chi connectivity index (χ3v) is 3.14. The molecule has 0 bridgehead atoms. The highest BCUT2D eigenvalue weighted by molar-refractivity contribution is 5.85. The number of rotatable bonds is 0. The van der Waals surface area contributed by atoms with E-state index >= 15 is 0 Å². The summed E-state index contributed by atoms with van der Waals surface area (Å²) in [5, 5.41) is 9.76. The lowest BCUT2D eigenvalue weighted by Crippen LogP contribution is -2.35. The average molecular weight is 212 g/mol. The minimum atomic E-state index is -0.993. The summed E-state index contributed by atoms with van der Waals surface area (Å²) >= 11 is 0. The third kappa shape index (κ3) is 1.24. The van der Waals surface area contributed by atoms with E-state index in [9.17, 15) is 9.90 Å². The van der Waals surface area contributed by atoms with Crippen LogP contribution >= 0.6 is 0 Å². The molecular weight excluding hydrogens is 200 g/mol. The van der Waals surface area contributed by atoms with Crippen molar-refractivity contribution in [2.75, 3.05) is 0 Å². The molecule has 3 rings (SSSR count). The van der Waals surface area contributed by atoms with Crippen molar-refractivity contribution in [3.8, 4) is 0 Å². The number of carbonyl (C=O) groups excluding carboxylic acids is 1. The van der Waals surface area contributed by atoms with Crippen molar-refractivity contribution in [1.82, 2.24) is 0 Å². The van der Waals surface area contributed by atoms with E-state index < -0.39 is 24.0 Å². The molecule has 0 aliphatic carbocycles. The maximum absolute atomic E-state index is 11.0. The molecule has 0 aromatic rings. The molecule has 5 atom stereocenters. The SMILES string of the molecule is C[C@H]1O[C@H]2C[C@]3(C=CC(=O)O3)O[C@H]2[C@H]1O. The van der Waals surface area contributed by atoms with Crippen LogP contribution < -0.4 is 0 Å². The van der Waals surface area contributed by atoms with Gasteiger partial charge in [0.1, 0.15) is 12.2 Å². The molecule has 3 heterocycles. The number of hydrogen-bond donors (Lipinski definition) is 1. The van der Waals surface area contributed by atoms with Crippen molar-refractivity contribution in [1.29, 1.82) is 0 Å². The quantitative estimate of drug-likeness (QED) is 0.560. The first-order chi connectivity index (χ1) is 7.10. The predicted octanol–water partition coefficient (Wildman–Crippen LogP) is -0.267. The van der Waals surface area contributed by atoms with Crippen LogP contribution in [0.25, 0.3) is 0 Å². The summed E-state index contributed by atoms with van der Waals surface area (Å²) in [5.41, 5.74) is 0. The zero-order chi connectivity index (χ0) is 10.6. The Kier molecular flexibility index (Phi) is 1.75. The van der Waals surface area contributed by atoms with Gasteiger partial charge in [-0.2, -0.15) is 0 Å². The van der Waals surface area contributed by atoms with Gasteiger partial charge in [0.15, 0.2) is 0 Å². The average Bonchev–Trinajstić information content (AvgIpc) is 2.76. The van der Waals surface area contributed by atoms with Gasteiger partial charge in [-0.3, -0.25) is 0 Å². The highest BCUT2D eigenvalue weighted by atomic mass is 16.7. The van der Waals surface area contributed by atoms with Crippen molar-refractivity contribution in [2.24, 2.45) is 0 Å². The second-order valence-electron chi connectivity index (χ2n) is 4.22. The zero-order valence-electron chi connectivity index (χ0n) is 8.25. The topological polar surface area (TPSA) is 65.0 Å². The number of aliphatic hydroxyl groups excluding tert-OH is 1. The van der Waals surface area contributed by atoms with E-state index in [0.717, 1.165) is 0 Å². The normalized spacial score (nSPS) is 52.5. The Morgan fingerprint density at radius 2 is 2.40 bits per heavy atom. The van der Waals surface area contributed by atoms with Gasteiger partial charge in [-0.05, 0) is 13.0 Å². The molecule has 1 N–H and O–H groups in total. The molecule has 0 amide bonds. The fourth-order valence-electron chi connectivity index (χ4n) is 2.40. The van der Waals surface area contributed by atoms with E-state index in [1.807, 2.05) is 0 Å². The lowest BCUT2D eigenvalue weighted by molar-refractivity contribution is -0.201. The van der Waals surface area contributed by atoms with Gasteiger partial charge in [-0.15, -0.1) is 0 Å². The van der Waals surface area contributed by atoms with Crippen LogP contribution in [0, 0.1) is 0 Å². The first-order valence-electron chi connectivity index (χ1n) is 5.03. The fourth-order valence-corrected chi connectivity index (χ4v) is 2.40. The van der Waals surface area contributed by atoms with Gasteiger partial charge in [0.25, 0.3) is 0 Å².